The molecule has 2 bridgehead atoms. The van der Waals surface area contributed by atoms with Crippen LogP contribution in [0.25, 0.3) is 0 Å². The molecule has 2 aromatic rings. The highest BCUT2D eigenvalue weighted by molar-refractivity contribution is 5.69. The molecule has 0 radical (unpaired) electrons. The number of benzene rings is 2. The maximum Gasteiger partial charge on any atom is 0.410 e. The molecule has 0 aromatic heterocycles. The number of hydrogen-bond acceptors (Lipinski definition) is 5. The highest BCUT2D eigenvalue weighted by atomic mass is 16.6. The molecule has 4 rings (SSSR count). The number of ether oxygens (including phenoxy) is 2. The van der Waals surface area contributed by atoms with Gasteiger partial charge in [-0.2, -0.15) is 5.26 Å². The second-order valence-corrected chi connectivity index (χ2v) is 7.77. The molecular formula is C23H24N2O4. The van der Waals surface area contributed by atoms with Crippen LogP contribution in [0.3, 0.4) is 0 Å². The average molecular weight is 392 g/mol. The Morgan fingerprint density at radius 3 is 2.48 bits per heavy atom. The van der Waals surface area contributed by atoms with Crippen LogP contribution in [0.4, 0.5) is 4.79 Å². The van der Waals surface area contributed by atoms with Gasteiger partial charge in [-0.15, -0.1) is 0 Å². The predicted molar refractivity (Wildman–Crippen MR) is 106 cm³/mol. The Balaban J connectivity index is 1.52. The molecule has 2 atom stereocenters. The summed E-state index contributed by atoms with van der Waals surface area (Å²) in [5, 5.41) is 21.1. The van der Waals surface area contributed by atoms with E-state index in [-0.39, 0.29) is 24.8 Å². The number of rotatable bonds is 4. The van der Waals surface area contributed by atoms with Crippen LogP contribution in [0.2, 0.25) is 0 Å². The van der Waals surface area contributed by atoms with E-state index in [9.17, 15) is 15.2 Å². The lowest BCUT2D eigenvalue weighted by Gasteiger charge is -2.43. The zero-order valence-electron chi connectivity index (χ0n) is 16.4. The summed E-state index contributed by atoms with van der Waals surface area (Å²) in [5.74, 6) is 0.454. The Hall–Kier alpha value is -3.04. The molecule has 2 fully saturated rings. The minimum Gasteiger partial charge on any atom is -0.495 e. The second kappa shape index (κ2) is 7.76. The van der Waals surface area contributed by atoms with Crippen LogP contribution in [-0.2, 0) is 16.9 Å². The zero-order chi connectivity index (χ0) is 20.4. The maximum absolute atomic E-state index is 12.8. The molecule has 2 saturated heterocycles. The standard InChI is InChI=1S/C23H24N2O4/c1-28-21-9-5-8-20(19(21)14-24)23(27)12-17-10-11-18(13-23)25(17)22(26)29-15-16-6-3-2-4-7-16/h2-9,17-18,27H,10-13,15H2,1H3. The first kappa shape index (κ1) is 19.3. The third-order valence-electron chi connectivity index (χ3n) is 6.04. The van der Waals surface area contributed by atoms with Crippen LogP contribution in [0.5, 0.6) is 5.75 Å². The SMILES string of the molecule is COc1cccc(C2(O)CC3CCC(C2)N3C(=O)OCc2ccccc2)c1C#N. The topological polar surface area (TPSA) is 82.8 Å². The molecule has 2 unspecified atom stereocenters. The molecule has 2 aliphatic rings. The molecule has 0 aliphatic carbocycles. The average Bonchev–Trinajstić information content (AvgIpc) is 3.04. The van der Waals surface area contributed by atoms with Crippen molar-refractivity contribution in [2.45, 2.75) is 50.0 Å². The maximum atomic E-state index is 12.8. The number of nitrogens with zero attached hydrogens (tertiary/aromatic N) is 2. The number of carbonyl (C=O) groups excluding carboxylic acids is 1. The van der Waals surface area contributed by atoms with Gasteiger partial charge in [0.1, 0.15) is 24.0 Å². The minimum absolute atomic E-state index is 0.111. The molecule has 2 aromatic carbocycles. The van der Waals surface area contributed by atoms with Crippen molar-refractivity contribution in [3.63, 3.8) is 0 Å². The number of aliphatic hydroxyl groups is 1. The van der Waals surface area contributed by atoms with Crippen LogP contribution in [0, 0.1) is 11.3 Å². The zero-order valence-corrected chi connectivity index (χ0v) is 16.4. The first-order valence-electron chi connectivity index (χ1n) is 9.84. The van der Waals surface area contributed by atoms with Gasteiger partial charge in [-0.3, -0.25) is 0 Å². The van der Waals surface area contributed by atoms with E-state index in [2.05, 4.69) is 6.07 Å². The summed E-state index contributed by atoms with van der Waals surface area (Å²) >= 11 is 0. The monoisotopic (exact) mass is 392 g/mol. The van der Waals surface area contributed by atoms with E-state index < -0.39 is 5.60 Å². The lowest BCUT2D eigenvalue weighted by atomic mass is 9.78. The number of methoxy groups -OCH3 is 1. The van der Waals surface area contributed by atoms with Gasteiger partial charge >= 0.3 is 6.09 Å². The Morgan fingerprint density at radius 2 is 1.86 bits per heavy atom. The Kier molecular flexibility index (Phi) is 5.16. The molecule has 2 heterocycles. The fraction of sp³-hybridized carbons (Fsp3) is 0.391. The fourth-order valence-electron chi connectivity index (χ4n) is 4.74. The van der Waals surface area contributed by atoms with Crippen molar-refractivity contribution in [2.24, 2.45) is 0 Å². The summed E-state index contributed by atoms with van der Waals surface area (Å²) in [6.45, 7) is 0.231. The van der Waals surface area contributed by atoms with Crippen LogP contribution < -0.4 is 4.74 Å². The van der Waals surface area contributed by atoms with Gasteiger partial charge in [-0.1, -0.05) is 42.5 Å². The van der Waals surface area contributed by atoms with Gasteiger partial charge in [0.2, 0.25) is 0 Å². The third-order valence-corrected chi connectivity index (χ3v) is 6.04. The van der Waals surface area contributed by atoms with Crippen molar-refractivity contribution < 1.29 is 19.4 Å². The first-order valence-corrected chi connectivity index (χ1v) is 9.84. The van der Waals surface area contributed by atoms with Crippen molar-refractivity contribution in [1.82, 2.24) is 4.90 Å². The Labute approximate surface area is 170 Å². The Bertz CT molecular complexity index is 924. The summed E-state index contributed by atoms with van der Waals surface area (Å²) in [6, 6.07) is 16.8. The summed E-state index contributed by atoms with van der Waals surface area (Å²) in [5.41, 5.74) is 0.712. The molecule has 0 saturated carbocycles. The number of hydrogen-bond donors (Lipinski definition) is 1. The van der Waals surface area contributed by atoms with Gasteiger partial charge in [0, 0.05) is 30.5 Å². The van der Waals surface area contributed by atoms with Gasteiger partial charge in [-0.25, -0.2) is 4.79 Å². The fourth-order valence-corrected chi connectivity index (χ4v) is 4.74. The van der Waals surface area contributed by atoms with Crippen molar-refractivity contribution in [2.75, 3.05) is 7.11 Å². The number of amides is 1. The van der Waals surface area contributed by atoms with E-state index in [1.165, 1.54) is 7.11 Å². The van der Waals surface area contributed by atoms with Gasteiger partial charge < -0.3 is 19.5 Å². The predicted octanol–water partition coefficient (Wildman–Crippen LogP) is 3.72. The van der Waals surface area contributed by atoms with Crippen LogP contribution >= 0.6 is 0 Å². The molecular weight excluding hydrogens is 368 g/mol. The van der Waals surface area contributed by atoms with Crippen LogP contribution in [0.15, 0.2) is 48.5 Å². The van der Waals surface area contributed by atoms with E-state index in [0.29, 0.717) is 29.7 Å². The number of carbonyl (C=O) groups is 1. The summed E-state index contributed by atoms with van der Waals surface area (Å²) in [6.07, 6.45) is 2.06. The van der Waals surface area contributed by atoms with Gasteiger partial charge in [0.05, 0.1) is 12.7 Å². The highest BCUT2D eigenvalue weighted by Gasteiger charge is 2.51. The summed E-state index contributed by atoms with van der Waals surface area (Å²) < 4.78 is 10.8. The van der Waals surface area contributed by atoms with Gasteiger partial charge in [-0.05, 0) is 24.5 Å². The lowest BCUT2D eigenvalue weighted by molar-refractivity contribution is -0.0539. The van der Waals surface area contributed by atoms with Crippen molar-refractivity contribution in [3.05, 3.63) is 65.2 Å². The third kappa shape index (κ3) is 3.54. The second-order valence-electron chi connectivity index (χ2n) is 7.77. The number of fused-ring (bicyclic) bond motifs is 2. The number of piperidine rings is 1. The van der Waals surface area contributed by atoms with Crippen molar-refractivity contribution in [1.29, 1.82) is 5.26 Å². The first-order chi connectivity index (χ1) is 14.1. The van der Waals surface area contributed by atoms with E-state index in [0.717, 1.165) is 18.4 Å². The van der Waals surface area contributed by atoms with Crippen molar-refractivity contribution in [3.8, 4) is 11.8 Å². The summed E-state index contributed by atoms with van der Waals surface area (Å²) in [4.78, 5) is 14.5. The lowest BCUT2D eigenvalue weighted by Crippen LogP contribution is -2.52. The smallest absolute Gasteiger partial charge is 0.410 e. The van der Waals surface area contributed by atoms with Crippen LogP contribution in [-0.4, -0.2) is 35.3 Å². The normalized spacial score (nSPS) is 25.3. The summed E-state index contributed by atoms with van der Waals surface area (Å²) in [7, 11) is 1.51. The quantitative estimate of drug-likeness (QED) is 0.857. The van der Waals surface area contributed by atoms with Gasteiger partial charge in [0.15, 0.2) is 0 Å². The molecule has 150 valence electrons. The van der Waals surface area contributed by atoms with E-state index in [1.807, 2.05) is 30.3 Å². The Morgan fingerprint density at radius 1 is 1.17 bits per heavy atom. The highest BCUT2D eigenvalue weighted by Crippen LogP contribution is 2.47. The minimum atomic E-state index is -1.17. The van der Waals surface area contributed by atoms with Crippen molar-refractivity contribution >= 4 is 6.09 Å². The molecule has 6 heteroatoms. The van der Waals surface area contributed by atoms with Gasteiger partial charge in [0.25, 0.3) is 0 Å². The molecule has 0 spiro atoms. The van der Waals surface area contributed by atoms with Crippen LogP contribution in [0.1, 0.15) is 42.4 Å². The molecule has 29 heavy (non-hydrogen) atoms. The van der Waals surface area contributed by atoms with E-state index in [1.54, 1.807) is 23.1 Å². The van der Waals surface area contributed by atoms with E-state index in [4.69, 9.17) is 9.47 Å². The molecule has 1 amide bonds. The van der Waals surface area contributed by atoms with E-state index >= 15 is 0 Å². The molecule has 2 aliphatic heterocycles. The number of nitriles is 1. The molecule has 1 N–H and O–H groups in total. The largest absolute Gasteiger partial charge is 0.495 e. The molecule has 6 nitrogen and oxygen atoms in total.